The monoisotopic (exact) mass is 395 g/mol. The van der Waals surface area contributed by atoms with Gasteiger partial charge in [0.15, 0.2) is 0 Å². The fourth-order valence-electron chi connectivity index (χ4n) is 4.08. The summed E-state index contributed by atoms with van der Waals surface area (Å²) < 4.78 is 11.8. The number of aromatic nitrogens is 2. The number of benzene rings is 1. The van der Waals surface area contributed by atoms with Gasteiger partial charge in [0.2, 0.25) is 5.88 Å². The van der Waals surface area contributed by atoms with E-state index in [0.29, 0.717) is 5.88 Å². The SMILES string of the molecule is Cc1sc2nc(CN3CCOCC3)nc(Oc3ccc4c(c3)CCC4)c2c1C. The second-order valence-corrected chi connectivity index (χ2v) is 8.89. The van der Waals surface area contributed by atoms with Crippen molar-refractivity contribution in [2.24, 2.45) is 0 Å². The molecule has 1 aliphatic carbocycles. The van der Waals surface area contributed by atoms with E-state index < -0.39 is 0 Å². The molecule has 3 heterocycles. The zero-order valence-corrected chi connectivity index (χ0v) is 17.3. The highest BCUT2D eigenvalue weighted by molar-refractivity contribution is 7.18. The summed E-state index contributed by atoms with van der Waals surface area (Å²) >= 11 is 1.73. The number of rotatable bonds is 4. The summed E-state index contributed by atoms with van der Waals surface area (Å²) in [6.45, 7) is 8.40. The second-order valence-electron chi connectivity index (χ2n) is 7.68. The number of thiophene rings is 1. The first-order valence-electron chi connectivity index (χ1n) is 10.0. The van der Waals surface area contributed by atoms with Crippen LogP contribution in [0, 0.1) is 13.8 Å². The minimum Gasteiger partial charge on any atom is -0.438 e. The van der Waals surface area contributed by atoms with E-state index in [1.165, 1.54) is 34.4 Å². The normalized spacial score (nSPS) is 17.2. The van der Waals surface area contributed by atoms with Crippen LogP contribution in [0.15, 0.2) is 18.2 Å². The van der Waals surface area contributed by atoms with Crippen LogP contribution in [0.25, 0.3) is 10.2 Å². The quantitative estimate of drug-likeness (QED) is 0.654. The molecular formula is C22H25N3O2S. The molecule has 6 heteroatoms. The minimum atomic E-state index is 0.688. The van der Waals surface area contributed by atoms with Gasteiger partial charge in [0.25, 0.3) is 0 Å². The second kappa shape index (κ2) is 7.43. The van der Waals surface area contributed by atoms with Crippen molar-refractivity contribution in [3.05, 3.63) is 45.6 Å². The van der Waals surface area contributed by atoms with Crippen LogP contribution in [-0.2, 0) is 24.1 Å². The highest BCUT2D eigenvalue weighted by Gasteiger charge is 2.20. The molecule has 0 saturated carbocycles. The minimum absolute atomic E-state index is 0.688. The molecule has 1 saturated heterocycles. The molecule has 2 aromatic heterocycles. The van der Waals surface area contributed by atoms with Crippen LogP contribution in [0.1, 0.15) is 33.8 Å². The van der Waals surface area contributed by atoms with Crippen molar-refractivity contribution in [3.63, 3.8) is 0 Å². The summed E-state index contributed by atoms with van der Waals surface area (Å²) in [6.07, 6.45) is 3.56. The first kappa shape index (κ1) is 18.0. The number of ether oxygens (including phenoxy) is 2. The van der Waals surface area contributed by atoms with Gasteiger partial charge in [-0.2, -0.15) is 4.98 Å². The maximum absolute atomic E-state index is 6.35. The fourth-order valence-corrected chi connectivity index (χ4v) is 5.12. The summed E-state index contributed by atoms with van der Waals surface area (Å²) in [4.78, 5) is 14.3. The van der Waals surface area contributed by atoms with E-state index in [1.807, 2.05) is 0 Å². The number of morpholine rings is 1. The Kier molecular flexibility index (Phi) is 4.78. The molecule has 0 atom stereocenters. The van der Waals surface area contributed by atoms with Gasteiger partial charge in [-0.1, -0.05) is 6.07 Å². The van der Waals surface area contributed by atoms with Crippen molar-refractivity contribution in [1.82, 2.24) is 14.9 Å². The van der Waals surface area contributed by atoms with Crippen LogP contribution >= 0.6 is 11.3 Å². The average Bonchev–Trinajstić information content (AvgIpc) is 3.27. The lowest BCUT2D eigenvalue weighted by Gasteiger charge is -2.25. The third kappa shape index (κ3) is 3.41. The summed E-state index contributed by atoms with van der Waals surface area (Å²) in [5.41, 5.74) is 4.08. The van der Waals surface area contributed by atoms with E-state index >= 15 is 0 Å². The maximum Gasteiger partial charge on any atom is 0.231 e. The Bertz CT molecular complexity index is 1020. The number of hydrogen-bond acceptors (Lipinski definition) is 6. The molecule has 28 heavy (non-hydrogen) atoms. The van der Waals surface area contributed by atoms with Gasteiger partial charge in [-0.15, -0.1) is 11.3 Å². The van der Waals surface area contributed by atoms with Gasteiger partial charge in [-0.25, -0.2) is 4.98 Å². The van der Waals surface area contributed by atoms with Crippen LogP contribution in [0.5, 0.6) is 11.6 Å². The van der Waals surface area contributed by atoms with E-state index in [1.54, 1.807) is 11.3 Å². The Morgan fingerprint density at radius 2 is 1.93 bits per heavy atom. The van der Waals surface area contributed by atoms with Gasteiger partial charge >= 0.3 is 0 Å². The summed E-state index contributed by atoms with van der Waals surface area (Å²) in [7, 11) is 0. The zero-order valence-electron chi connectivity index (χ0n) is 16.5. The zero-order chi connectivity index (χ0) is 19.1. The van der Waals surface area contributed by atoms with Gasteiger partial charge in [-0.3, -0.25) is 4.90 Å². The van der Waals surface area contributed by atoms with Gasteiger partial charge in [0.05, 0.1) is 25.1 Å². The number of fused-ring (bicyclic) bond motifs is 2. The first-order chi connectivity index (χ1) is 13.7. The molecule has 0 spiro atoms. The Labute approximate surface area is 169 Å². The number of aryl methyl sites for hydroxylation is 4. The van der Waals surface area contributed by atoms with E-state index in [4.69, 9.17) is 19.4 Å². The Morgan fingerprint density at radius 1 is 1.11 bits per heavy atom. The lowest BCUT2D eigenvalue weighted by atomic mass is 10.1. The number of hydrogen-bond donors (Lipinski definition) is 0. The molecule has 0 amide bonds. The molecule has 3 aromatic rings. The van der Waals surface area contributed by atoms with Gasteiger partial charge in [-0.05, 0) is 61.9 Å². The fraction of sp³-hybridized carbons (Fsp3) is 0.455. The molecule has 0 radical (unpaired) electrons. The highest BCUT2D eigenvalue weighted by Crippen LogP contribution is 2.37. The third-order valence-corrected chi connectivity index (χ3v) is 6.90. The lowest BCUT2D eigenvalue weighted by molar-refractivity contribution is 0.0330. The molecule has 0 unspecified atom stereocenters. The smallest absolute Gasteiger partial charge is 0.231 e. The highest BCUT2D eigenvalue weighted by atomic mass is 32.1. The molecule has 0 bridgehead atoms. The summed E-state index contributed by atoms with van der Waals surface area (Å²) in [5, 5.41) is 1.05. The van der Waals surface area contributed by atoms with Crippen molar-refractivity contribution in [2.45, 2.75) is 39.7 Å². The first-order valence-corrected chi connectivity index (χ1v) is 10.9. The number of nitrogens with zero attached hydrogens (tertiary/aromatic N) is 3. The Morgan fingerprint density at radius 3 is 2.79 bits per heavy atom. The van der Waals surface area contributed by atoms with E-state index in [-0.39, 0.29) is 0 Å². The van der Waals surface area contributed by atoms with Crippen LogP contribution < -0.4 is 4.74 Å². The van der Waals surface area contributed by atoms with E-state index in [9.17, 15) is 0 Å². The maximum atomic E-state index is 6.35. The van der Waals surface area contributed by atoms with Crippen LogP contribution in [0.4, 0.5) is 0 Å². The Balaban J connectivity index is 1.51. The van der Waals surface area contributed by atoms with Crippen LogP contribution in [0.2, 0.25) is 0 Å². The van der Waals surface area contributed by atoms with E-state index in [2.05, 4.69) is 36.9 Å². The average molecular weight is 396 g/mol. The van der Waals surface area contributed by atoms with Gasteiger partial charge < -0.3 is 9.47 Å². The topological polar surface area (TPSA) is 47.5 Å². The van der Waals surface area contributed by atoms with Crippen molar-refractivity contribution in [3.8, 4) is 11.6 Å². The van der Waals surface area contributed by atoms with Crippen LogP contribution in [0.3, 0.4) is 0 Å². The predicted molar refractivity (Wildman–Crippen MR) is 112 cm³/mol. The lowest BCUT2D eigenvalue weighted by Crippen LogP contribution is -2.36. The molecule has 5 nitrogen and oxygen atoms in total. The third-order valence-electron chi connectivity index (χ3n) is 5.80. The molecule has 146 valence electrons. The predicted octanol–water partition coefficient (Wildman–Crippen LogP) is 4.42. The molecule has 2 aliphatic rings. The van der Waals surface area contributed by atoms with Gasteiger partial charge in [0.1, 0.15) is 16.4 Å². The molecule has 1 aromatic carbocycles. The largest absolute Gasteiger partial charge is 0.438 e. The van der Waals surface area contributed by atoms with Crippen molar-refractivity contribution >= 4 is 21.6 Å². The standard InChI is InChI=1S/C22H25N3O2S/c1-14-15(2)28-22-20(14)21(23-19(24-22)13-25-8-10-26-11-9-25)27-18-7-6-16-4-3-5-17(16)12-18/h6-7,12H,3-5,8-11,13H2,1-2H3. The summed E-state index contributed by atoms with van der Waals surface area (Å²) in [6, 6.07) is 6.47. The van der Waals surface area contributed by atoms with Crippen molar-refractivity contribution in [1.29, 1.82) is 0 Å². The molecule has 1 fully saturated rings. The van der Waals surface area contributed by atoms with Crippen LogP contribution in [-0.4, -0.2) is 41.2 Å². The van der Waals surface area contributed by atoms with Crippen molar-refractivity contribution in [2.75, 3.05) is 26.3 Å². The summed E-state index contributed by atoms with van der Waals surface area (Å²) in [5.74, 6) is 2.39. The Hall–Kier alpha value is -2.02. The molecule has 0 N–H and O–H groups in total. The molecule has 1 aliphatic heterocycles. The van der Waals surface area contributed by atoms with Gasteiger partial charge in [0, 0.05) is 18.0 Å². The van der Waals surface area contributed by atoms with E-state index in [0.717, 1.165) is 61.1 Å². The molecular weight excluding hydrogens is 370 g/mol. The molecule has 5 rings (SSSR count). The van der Waals surface area contributed by atoms with Crippen molar-refractivity contribution < 1.29 is 9.47 Å².